The van der Waals surface area contributed by atoms with Crippen molar-refractivity contribution in [1.29, 1.82) is 0 Å². The third kappa shape index (κ3) is 3.92. The number of unbranched alkanes of at least 4 members (excludes halogenated alkanes) is 2. The number of hydrogen-bond donors (Lipinski definition) is 1. The average Bonchev–Trinajstić information content (AvgIpc) is 2.49. The first-order chi connectivity index (χ1) is 10.8. The molecule has 132 valence electrons. The Bertz CT molecular complexity index is 443. The van der Waals surface area contributed by atoms with E-state index in [2.05, 4.69) is 39.0 Å². The molecule has 2 aliphatic carbocycles. The van der Waals surface area contributed by atoms with Crippen molar-refractivity contribution in [3.05, 3.63) is 23.8 Å². The van der Waals surface area contributed by atoms with Gasteiger partial charge in [-0.05, 0) is 51.4 Å². The molecule has 23 heavy (non-hydrogen) atoms. The van der Waals surface area contributed by atoms with Gasteiger partial charge < -0.3 is 5.11 Å². The minimum absolute atomic E-state index is 0.253. The molecule has 0 radical (unpaired) electrons. The fourth-order valence-corrected chi connectivity index (χ4v) is 4.81. The molecule has 1 nitrogen and oxygen atoms in total. The first kappa shape index (κ1) is 18.8. The van der Waals surface area contributed by atoms with Gasteiger partial charge in [0.15, 0.2) is 0 Å². The first-order valence-corrected chi connectivity index (χ1v) is 9.90. The number of rotatable bonds is 7. The third-order valence-electron chi connectivity index (χ3n) is 6.43. The molecule has 2 atom stereocenters. The Hall–Kier alpha value is -0.560. The smallest absolute Gasteiger partial charge is 0.0654 e. The van der Waals surface area contributed by atoms with Crippen LogP contribution in [0.2, 0.25) is 0 Å². The van der Waals surface area contributed by atoms with E-state index in [1.807, 2.05) is 13.8 Å². The molecule has 0 aromatic heterocycles. The highest BCUT2D eigenvalue weighted by molar-refractivity contribution is 5.35. The SMILES string of the molecule is CCCCC1(CCCC)C=CC[C@@]2(C)CC[C@@H](C(C)(C)O)C=C12. The molecule has 0 aliphatic heterocycles. The van der Waals surface area contributed by atoms with Crippen LogP contribution in [0.4, 0.5) is 0 Å². The molecular formula is C22H38O. The molecule has 0 fully saturated rings. The predicted molar refractivity (Wildman–Crippen MR) is 100 cm³/mol. The van der Waals surface area contributed by atoms with Crippen molar-refractivity contribution in [3.63, 3.8) is 0 Å². The highest BCUT2D eigenvalue weighted by atomic mass is 16.3. The Balaban J connectivity index is 2.44. The van der Waals surface area contributed by atoms with Gasteiger partial charge in [-0.3, -0.25) is 0 Å². The molecule has 0 spiro atoms. The van der Waals surface area contributed by atoms with E-state index in [-0.39, 0.29) is 5.41 Å². The van der Waals surface area contributed by atoms with Gasteiger partial charge in [0.2, 0.25) is 0 Å². The Kier molecular flexibility index (Phi) is 5.82. The van der Waals surface area contributed by atoms with Crippen LogP contribution in [0.1, 0.15) is 92.4 Å². The zero-order chi connectivity index (χ0) is 17.1. The molecular weight excluding hydrogens is 280 g/mol. The highest BCUT2D eigenvalue weighted by Crippen LogP contribution is 2.57. The predicted octanol–water partition coefficient (Wildman–Crippen LogP) is 6.43. The number of hydrogen-bond acceptors (Lipinski definition) is 1. The summed E-state index contributed by atoms with van der Waals surface area (Å²) >= 11 is 0. The van der Waals surface area contributed by atoms with E-state index in [0.717, 1.165) is 6.42 Å². The van der Waals surface area contributed by atoms with Crippen molar-refractivity contribution in [2.45, 2.75) is 98.0 Å². The lowest BCUT2D eigenvalue weighted by Gasteiger charge is -2.51. The second kappa shape index (κ2) is 7.13. The molecule has 2 aliphatic rings. The summed E-state index contributed by atoms with van der Waals surface area (Å²) in [4.78, 5) is 0. The van der Waals surface area contributed by atoms with Crippen molar-refractivity contribution in [2.75, 3.05) is 0 Å². The lowest BCUT2D eigenvalue weighted by molar-refractivity contribution is 0.0210. The molecule has 0 aromatic carbocycles. The molecule has 0 heterocycles. The van der Waals surface area contributed by atoms with E-state index in [4.69, 9.17) is 0 Å². The van der Waals surface area contributed by atoms with Crippen LogP contribution in [0.5, 0.6) is 0 Å². The lowest BCUT2D eigenvalue weighted by Crippen LogP contribution is -2.42. The maximum atomic E-state index is 10.6. The van der Waals surface area contributed by atoms with Crippen LogP contribution in [-0.2, 0) is 0 Å². The topological polar surface area (TPSA) is 20.2 Å². The van der Waals surface area contributed by atoms with Gasteiger partial charge in [-0.2, -0.15) is 0 Å². The molecule has 1 heteroatoms. The van der Waals surface area contributed by atoms with E-state index in [1.165, 1.54) is 51.4 Å². The van der Waals surface area contributed by atoms with E-state index < -0.39 is 5.60 Å². The van der Waals surface area contributed by atoms with Crippen molar-refractivity contribution < 1.29 is 5.11 Å². The van der Waals surface area contributed by atoms with Crippen LogP contribution in [0.25, 0.3) is 0 Å². The summed E-state index contributed by atoms with van der Waals surface area (Å²) in [7, 11) is 0. The second-order valence-corrected chi connectivity index (χ2v) is 8.91. The minimum atomic E-state index is -0.600. The van der Waals surface area contributed by atoms with Crippen molar-refractivity contribution in [2.24, 2.45) is 16.7 Å². The normalized spacial score (nSPS) is 30.0. The highest BCUT2D eigenvalue weighted by Gasteiger charge is 2.47. The summed E-state index contributed by atoms with van der Waals surface area (Å²) in [6.07, 6.45) is 18.7. The van der Waals surface area contributed by atoms with Crippen molar-refractivity contribution in [1.82, 2.24) is 0 Å². The van der Waals surface area contributed by atoms with Gasteiger partial charge in [-0.15, -0.1) is 0 Å². The molecule has 1 N–H and O–H groups in total. The number of aliphatic hydroxyl groups is 1. The Morgan fingerprint density at radius 1 is 1.17 bits per heavy atom. The first-order valence-electron chi connectivity index (χ1n) is 9.90. The third-order valence-corrected chi connectivity index (χ3v) is 6.43. The Morgan fingerprint density at radius 3 is 2.30 bits per heavy atom. The van der Waals surface area contributed by atoms with Crippen LogP contribution < -0.4 is 0 Å². The summed E-state index contributed by atoms with van der Waals surface area (Å²) in [6.45, 7) is 11.0. The summed E-state index contributed by atoms with van der Waals surface area (Å²) in [5, 5.41) is 10.6. The molecule has 0 saturated heterocycles. The molecule has 0 unspecified atom stereocenters. The maximum Gasteiger partial charge on any atom is 0.0654 e. The van der Waals surface area contributed by atoms with Crippen molar-refractivity contribution >= 4 is 0 Å². The van der Waals surface area contributed by atoms with Gasteiger partial charge in [-0.25, -0.2) is 0 Å². The summed E-state index contributed by atoms with van der Waals surface area (Å²) < 4.78 is 0. The zero-order valence-electron chi connectivity index (χ0n) is 16.1. The maximum absolute atomic E-state index is 10.6. The van der Waals surface area contributed by atoms with E-state index >= 15 is 0 Å². The van der Waals surface area contributed by atoms with Crippen LogP contribution >= 0.6 is 0 Å². The summed E-state index contributed by atoms with van der Waals surface area (Å²) in [6, 6.07) is 0. The average molecular weight is 319 g/mol. The van der Waals surface area contributed by atoms with Gasteiger partial charge >= 0.3 is 0 Å². The quantitative estimate of drug-likeness (QED) is 0.536. The number of fused-ring (bicyclic) bond motifs is 1. The van der Waals surface area contributed by atoms with Gasteiger partial charge in [-0.1, -0.05) is 70.3 Å². The van der Waals surface area contributed by atoms with Crippen molar-refractivity contribution in [3.8, 4) is 0 Å². The van der Waals surface area contributed by atoms with Gasteiger partial charge in [0.1, 0.15) is 0 Å². The number of allylic oxidation sites excluding steroid dienone is 3. The van der Waals surface area contributed by atoms with Gasteiger partial charge in [0.25, 0.3) is 0 Å². The fourth-order valence-electron chi connectivity index (χ4n) is 4.81. The van der Waals surface area contributed by atoms with Crippen LogP contribution in [0.3, 0.4) is 0 Å². The fraction of sp³-hybridized carbons (Fsp3) is 0.818. The summed E-state index contributed by atoms with van der Waals surface area (Å²) in [5.74, 6) is 0.305. The van der Waals surface area contributed by atoms with E-state index in [0.29, 0.717) is 11.3 Å². The summed E-state index contributed by atoms with van der Waals surface area (Å²) in [5.41, 5.74) is 1.63. The largest absolute Gasteiger partial charge is 0.390 e. The minimum Gasteiger partial charge on any atom is -0.390 e. The second-order valence-electron chi connectivity index (χ2n) is 8.91. The van der Waals surface area contributed by atoms with E-state index in [9.17, 15) is 5.11 Å². The molecule has 2 rings (SSSR count). The van der Waals surface area contributed by atoms with E-state index in [1.54, 1.807) is 5.57 Å². The molecule has 0 saturated carbocycles. The monoisotopic (exact) mass is 318 g/mol. The lowest BCUT2D eigenvalue weighted by atomic mass is 9.54. The Labute approximate surface area is 144 Å². The molecule has 0 amide bonds. The van der Waals surface area contributed by atoms with Crippen LogP contribution in [0.15, 0.2) is 23.8 Å². The zero-order valence-corrected chi connectivity index (χ0v) is 16.1. The molecule has 0 aromatic rings. The van der Waals surface area contributed by atoms with Gasteiger partial charge in [0.05, 0.1) is 5.60 Å². The Morgan fingerprint density at radius 2 is 1.78 bits per heavy atom. The van der Waals surface area contributed by atoms with Gasteiger partial charge in [0, 0.05) is 11.3 Å². The molecule has 0 bridgehead atoms. The standard InChI is InChI=1S/C22H38O/c1-6-8-13-22(14-9-7-2)15-10-12-21(5)16-11-18(17-19(21)22)20(3,4)23/h10,15,17-18,23H,6-9,11-14,16H2,1-5H3/t18-,21+/m1/s1. The van der Waals surface area contributed by atoms with Crippen LogP contribution in [-0.4, -0.2) is 10.7 Å². The van der Waals surface area contributed by atoms with Crippen LogP contribution in [0, 0.1) is 16.7 Å².